The molecule has 68 valence electrons. The van der Waals surface area contributed by atoms with E-state index in [0.717, 1.165) is 12.2 Å². The van der Waals surface area contributed by atoms with Gasteiger partial charge in [-0.05, 0) is 20.0 Å². The minimum absolute atomic E-state index is 0.529. The van der Waals surface area contributed by atoms with Gasteiger partial charge in [0.25, 0.3) is 0 Å². The second kappa shape index (κ2) is 3.72. The molecule has 1 aromatic rings. The van der Waals surface area contributed by atoms with Crippen LogP contribution in [-0.2, 0) is 7.05 Å². The van der Waals surface area contributed by atoms with Crippen molar-refractivity contribution in [3.63, 3.8) is 0 Å². The van der Waals surface area contributed by atoms with Gasteiger partial charge in [0.15, 0.2) is 0 Å². The highest BCUT2D eigenvalue weighted by molar-refractivity contribution is 5.13. The average molecular weight is 167 g/mol. The molecule has 0 aliphatic rings. The van der Waals surface area contributed by atoms with Crippen molar-refractivity contribution < 1.29 is 0 Å². The van der Waals surface area contributed by atoms with Crippen molar-refractivity contribution in [3.05, 3.63) is 17.5 Å². The molecule has 0 radical (unpaired) electrons. The fourth-order valence-corrected chi connectivity index (χ4v) is 1.50. The van der Waals surface area contributed by atoms with E-state index in [1.807, 2.05) is 25.7 Å². The second-order valence-corrected chi connectivity index (χ2v) is 3.29. The molecule has 1 rings (SSSR count). The number of rotatable bonds is 3. The zero-order chi connectivity index (χ0) is 9.14. The van der Waals surface area contributed by atoms with Crippen LogP contribution in [0.15, 0.2) is 6.07 Å². The van der Waals surface area contributed by atoms with Gasteiger partial charge in [-0.25, -0.2) is 0 Å². The summed E-state index contributed by atoms with van der Waals surface area (Å²) >= 11 is 0. The lowest BCUT2D eigenvalue weighted by molar-refractivity contribution is 0.604. The van der Waals surface area contributed by atoms with E-state index in [4.69, 9.17) is 0 Å². The van der Waals surface area contributed by atoms with Crippen molar-refractivity contribution in [2.75, 3.05) is 13.6 Å². The fourth-order valence-electron chi connectivity index (χ4n) is 1.50. The summed E-state index contributed by atoms with van der Waals surface area (Å²) in [6.45, 7) is 5.22. The van der Waals surface area contributed by atoms with E-state index in [9.17, 15) is 0 Å². The van der Waals surface area contributed by atoms with E-state index >= 15 is 0 Å². The van der Waals surface area contributed by atoms with Crippen LogP contribution >= 0.6 is 0 Å². The Labute approximate surface area is 73.8 Å². The average Bonchev–Trinajstić information content (AvgIpc) is 2.30. The molecule has 12 heavy (non-hydrogen) atoms. The third kappa shape index (κ3) is 1.85. The van der Waals surface area contributed by atoms with Crippen LogP contribution in [0.4, 0.5) is 0 Å². The predicted molar refractivity (Wildman–Crippen MR) is 50.3 cm³/mol. The van der Waals surface area contributed by atoms with Gasteiger partial charge in [-0.3, -0.25) is 4.68 Å². The molecule has 0 aliphatic heterocycles. The molecule has 0 aliphatic carbocycles. The van der Waals surface area contributed by atoms with Crippen LogP contribution in [0.1, 0.15) is 24.2 Å². The highest BCUT2D eigenvalue weighted by atomic mass is 15.3. The van der Waals surface area contributed by atoms with Crippen molar-refractivity contribution in [1.82, 2.24) is 15.1 Å². The first-order valence-electron chi connectivity index (χ1n) is 4.30. The first kappa shape index (κ1) is 9.26. The number of nitrogens with zero attached hydrogens (tertiary/aromatic N) is 2. The number of likely N-dealkylation sites (N-methyl/N-ethyl adjacent to an activating group) is 1. The molecular formula is C9H17N3. The summed E-state index contributed by atoms with van der Waals surface area (Å²) < 4.78 is 1.96. The fraction of sp³-hybridized carbons (Fsp3) is 0.667. The van der Waals surface area contributed by atoms with Gasteiger partial charge in [-0.15, -0.1) is 0 Å². The monoisotopic (exact) mass is 167 g/mol. The molecule has 0 saturated carbocycles. The molecule has 1 unspecified atom stereocenters. The van der Waals surface area contributed by atoms with Crippen molar-refractivity contribution >= 4 is 0 Å². The highest BCUT2D eigenvalue weighted by Crippen LogP contribution is 2.13. The Morgan fingerprint density at radius 1 is 1.67 bits per heavy atom. The molecule has 0 saturated heterocycles. The van der Waals surface area contributed by atoms with E-state index in [0.29, 0.717) is 5.92 Å². The van der Waals surface area contributed by atoms with Gasteiger partial charge in [0.1, 0.15) is 0 Å². The maximum absolute atomic E-state index is 4.30. The van der Waals surface area contributed by atoms with E-state index in [1.54, 1.807) is 0 Å². The smallest absolute Gasteiger partial charge is 0.0596 e. The van der Waals surface area contributed by atoms with Gasteiger partial charge in [-0.2, -0.15) is 5.10 Å². The van der Waals surface area contributed by atoms with Gasteiger partial charge in [0.05, 0.1) is 5.69 Å². The molecule has 0 fully saturated rings. The van der Waals surface area contributed by atoms with Crippen LogP contribution in [0.2, 0.25) is 0 Å². The maximum atomic E-state index is 4.30. The van der Waals surface area contributed by atoms with Crippen LogP contribution < -0.4 is 5.32 Å². The van der Waals surface area contributed by atoms with Crippen molar-refractivity contribution in [1.29, 1.82) is 0 Å². The minimum Gasteiger partial charge on any atom is -0.319 e. The van der Waals surface area contributed by atoms with Gasteiger partial charge in [0.2, 0.25) is 0 Å². The Kier molecular flexibility index (Phi) is 2.87. The van der Waals surface area contributed by atoms with E-state index in [2.05, 4.69) is 23.4 Å². The molecule has 3 nitrogen and oxygen atoms in total. The Hall–Kier alpha value is -0.830. The lowest BCUT2D eigenvalue weighted by atomic mass is 10.1. The van der Waals surface area contributed by atoms with Gasteiger partial charge < -0.3 is 5.32 Å². The Balaban J connectivity index is 2.79. The topological polar surface area (TPSA) is 29.9 Å². The molecule has 0 aromatic carbocycles. The normalized spacial score (nSPS) is 13.3. The van der Waals surface area contributed by atoms with E-state index in [1.165, 1.54) is 5.69 Å². The SMILES string of the molecule is CNCC(C)c1cc(C)nn1C. The van der Waals surface area contributed by atoms with Crippen molar-refractivity contribution in [3.8, 4) is 0 Å². The largest absolute Gasteiger partial charge is 0.319 e. The van der Waals surface area contributed by atoms with Crippen molar-refractivity contribution in [2.45, 2.75) is 19.8 Å². The third-order valence-electron chi connectivity index (χ3n) is 2.05. The predicted octanol–water partition coefficient (Wildman–Crippen LogP) is 1.05. The zero-order valence-corrected chi connectivity index (χ0v) is 8.26. The number of nitrogens with one attached hydrogen (secondary N) is 1. The summed E-state index contributed by atoms with van der Waals surface area (Å²) in [5, 5.41) is 7.46. The maximum Gasteiger partial charge on any atom is 0.0596 e. The first-order valence-corrected chi connectivity index (χ1v) is 4.30. The molecule has 0 spiro atoms. The van der Waals surface area contributed by atoms with Gasteiger partial charge >= 0.3 is 0 Å². The Morgan fingerprint density at radius 2 is 2.33 bits per heavy atom. The molecule has 1 aromatic heterocycles. The Morgan fingerprint density at radius 3 is 2.75 bits per heavy atom. The lowest BCUT2D eigenvalue weighted by Gasteiger charge is -2.10. The van der Waals surface area contributed by atoms with E-state index in [-0.39, 0.29) is 0 Å². The molecule has 0 bridgehead atoms. The third-order valence-corrected chi connectivity index (χ3v) is 2.05. The second-order valence-electron chi connectivity index (χ2n) is 3.29. The molecule has 0 amide bonds. The summed E-state index contributed by atoms with van der Waals surface area (Å²) in [5.41, 5.74) is 2.39. The molecular weight excluding hydrogens is 150 g/mol. The Bertz CT molecular complexity index is 252. The number of aryl methyl sites for hydroxylation is 2. The lowest BCUT2D eigenvalue weighted by Crippen LogP contribution is -2.16. The quantitative estimate of drug-likeness (QED) is 0.729. The summed E-state index contributed by atoms with van der Waals surface area (Å²) in [4.78, 5) is 0. The van der Waals surface area contributed by atoms with E-state index < -0.39 is 0 Å². The number of hydrogen-bond acceptors (Lipinski definition) is 2. The molecule has 1 atom stereocenters. The summed E-state index contributed by atoms with van der Waals surface area (Å²) in [6.07, 6.45) is 0. The highest BCUT2D eigenvalue weighted by Gasteiger charge is 2.09. The zero-order valence-electron chi connectivity index (χ0n) is 8.26. The molecule has 1 N–H and O–H groups in total. The van der Waals surface area contributed by atoms with Crippen molar-refractivity contribution in [2.24, 2.45) is 7.05 Å². The first-order chi connectivity index (χ1) is 5.65. The number of aromatic nitrogens is 2. The van der Waals surface area contributed by atoms with Crippen LogP contribution in [-0.4, -0.2) is 23.4 Å². The van der Waals surface area contributed by atoms with Crippen LogP contribution in [0.5, 0.6) is 0 Å². The standard InChI is InChI=1S/C9H17N3/c1-7(6-10-3)9-5-8(2)11-12(9)4/h5,7,10H,6H2,1-4H3. The van der Waals surface area contributed by atoms with Gasteiger partial charge in [0, 0.05) is 25.2 Å². The summed E-state index contributed by atoms with van der Waals surface area (Å²) in [5.74, 6) is 0.529. The van der Waals surface area contributed by atoms with Crippen LogP contribution in [0.3, 0.4) is 0 Å². The van der Waals surface area contributed by atoms with Crippen LogP contribution in [0, 0.1) is 6.92 Å². The van der Waals surface area contributed by atoms with Crippen LogP contribution in [0.25, 0.3) is 0 Å². The summed E-state index contributed by atoms with van der Waals surface area (Å²) in [7, 11) is 3.97. The van der Waals surface area contributed by atoms with Gasteiger partial charge in [-0.1, -0.05) is 6.92 Å². The summed E-state index contributed by atoms with van der Waals surface area (Å²) in [6, 6.07) is 2.14. The molecule has 1 heterocycles. The molecule has 3 heteroatoms. The number of hydrogen-bond donors (Lipinski definition) is 1. The minimum atomic E-state index is 0.529.